The molecular weight excluding hydrogens is 338 g/mol. The molecule has 20 heavy (non-hydrogen) atoms. The van der Waals surface area contributed by atoms with Gasteiger partial charge in [-0.15, -0.1) is 0 Å². The van der Waals surface area contributed by atoms with Gasteiger partial charge in [0.1, 0.15) is 5.75 Å². The quantitative estimate of drug-likeness (QED) is 0.915. The van der Waals surface area contributed by atoms with Gasteiger partial charge in [-0.3, -0.25) is 4.79 Å². The van der Waals surface area contributed by atoms with Crippen molar-refractivity contribution in [3.05, 3.63) is 49.6 Å². The summed E-state index contributed by atoms with van der Waals surface area (Å²) < 4.78 is 6.69. The van der Waals surface area contributed by atoms with E-state index in [2.05, 4.69) is 27.3 Å². The van der Waals surface area contributed by atoms with Crippen LogP contribution in [0.1, 0.15) is 27.0 Å². The van der Waals surface area contributed by atoms with Crippen LogP contribution in [0.2, 0.25) is 0 Å². The molecule has 0 unspecified atom stereocenters. The second kappa shape index (κ2) is 5.58. The molecule has 0 fully saturated rings. The van der Waals surface area contributed by atoms with E-state index in [4.69, 9.17) is 4.74 Å². The highest BCUT2D eigenvalue weighted by atomic mass is 79.9. The van der Waals surface area contributed by atoms with Crippen molar-refractivity contribution < 1.29 is 9.53 Å². The van der Waals surface area contributed by atoms with E-state index in [-0.39, 0.29) is 5.91 Å². The van der Waals surface area contributed by atoms with E-state index < -0.39 is 0 Å². The van der Waals surface area contributed by atoms with E-state index in [0.29, 0.717) is 6.54 Å². The smallest absolute Gasteiger partial charge is 0.252 e. The number of hydrogen-bond donors (Lipinski definition) is 1. The van der Waals surface area contributed by atoms with Crippen LogP contribution in [0, 0.1) is 6.92 Å². The van der Waals surface area contributed by atoms with Gasteiger partial charge in [0.25, 0.3) is 5.91 Å². The number of nitrogens with one attached hydrogen (secondary N) is 1. The molecule has 5 heteroatoms. The number of halogens is 1. The maximum absolute atomic E-state index is 12.1. The Balaban J connectivity index is 1.76. The fourth-order valence-corrected chi connectivity index (χ4v) is 3.72. The largest absolute Gasteiger partial charge is 0.493 e. The number of rotatable bonds is 3. The standard InChI is InChI=1S/C15H14BrNO2S/c1-9-7-20-8-13(9)15(18)17-6-11-5-12(16)4-10-2-3-19-14(10)11/h4-5,7-8H,2-3,6H2,1H3,(H,17,18). The molecule has 1 amide bonds. The average molecular weight is 352 g/mol. The van der Waals surface area contributed by atoms with Crippen LogP contribution in [0.25, 0.3) is 0 Å². The van der Waals surface area contributed by atoms with Gasteiger partial charge < -0.3 is 10.1 Å². The molecule has 2 aromatic rings. The first-order chi connectivity index (χ1) is 9.65. The monoisotopic (exact) mass is 351 g/mol. The van der Waals surface area contributed by atoms with E-state index in [1.54, 1.807) is 11.3 Å². The number of fused-ring (bicyclic) bond motifs is 1. The van der Waals surface area contributed by atoms with E-state index in [1.807, 2.05) is 23.8 Å². The number of benzene rings is 1. The highest BCUT2D eigenvalue weighted by molar-refractivity contribution is 9.10. The van der Waals surface area contributed by atoms with Crippen molar-refractivity contribution in [1.82, 2.24) is 5.32 Å². The van der Waals surface area contributed by atoms with Gasteiger partial charge in [0.05, 0.1) is 12.2 Å². The van der Waals surface area contributed by atoms with Crippen molar-refractivity contribution in [2.45, 2.75) is 19.9 Å². The molecule has 104 valence electrons. The van der Waals surface area contributed by atoms with Crippen LogP contribution in [0.5, 0.6) is 5.75 Å². The minimum Gasteiger partial charge on any atom is -0.493 e. The Kier molecular flexibility index (Phi) is 3.81. The molecule has 1 aromatic carbocycles. The van der Waals surface area contributed by atoms with Gasteiger partial charge in [-0.25, -0.2) is 0 Å². The van der Waals surface area contributed by atoms with Gasteiger partial charge in [-0.2, -0.15) is 11.3 Å². The zero-order valence-corrected chi connectivity index (χ0v) is 13.4. The number of ether oxygens (including phenoxy) is 1. The summed E-state index contributed by atoms with van der Waals surface area (Å²) in [6.07, 6.45) is 0.930. The highest BCUT2D eigenvalue weighted by Gasteiger charge is 2.18. The Morgan fingerprint density at radius 2 is 2.30 bits per heavy atom. The highest BCUT2D eigenvalue weighted by Crippen LogP contribution is 2.32. The van der Waals surface area contributed by atoms with Crippen molar-refractivity contribution >= 4 is 33.2 Å². The number of carbonyl (C=O) groups excluding carboxylic acids is 1. The zero-order valence-electron chi connectivity index (χ0n) is 11.0. The van der Waals surface area contributed by atoms with Crippen LogP contribution >= 0.6 is 27.3 Å². The number of carbonyl (C=O) groups is 1. The fraction of sp³-hybridized carbons (Fsp3) is 0.267. The Morgan fingerprint density at radius 3 is 3.05 bits per heavy atom. The molecular formula is C15H14BrNO2S. The van der Waals surface area contributed by atoms with E-state index >= 15 is 0 Å². The van der Waals surface area contributed by atoms with Gasteiger partial charge in [-0.1, -0.05) is 15.9 Å². The van der Waals surface area contributed by atoms with Gasteiger partial charge >= 0.3 is 0 Å². The van der Waals surface area contributed by atoms with Gasteiger partial charge in [0, 0.05) is 28.4 Å². The molecule has 0 saturated heterocycles. The van der Waals surface area contributed by atoms with Crippen LogP contribution in [0.3, 0.4) is 0 Å². The molecule has 3 rings (SSSR count). The summed E-state index contributed by atoms with van der Waals surface area (Å²) in [5.74, 6) is 0.894. The summed E-state index contributed by atoms with van der Waals surface area (Å²) in [6.45, 7) is 3.15. The van der Waals surface area contributed by atoms with Crippen molar-refractivity contribution in [2.24, 2.45) is 0 Å². The van der Waals surface area contributed by atoms with Crippen molar-refractivity contribution in [3.8, 4) is 5.75 Å². The fourth-order valence-electron chi connectivity index (χ4n) is 2.34. The maximum Gasteiger partial charge on any atom is 0.252 e. The molecule has 1 aromatic heterocycles. The Hall–Kier alpha value is -1.33. The predicted molar refractivity (Wildman–Crippen MR) is 83.6 cm³/mol. The molecule has 0 spiro atoms. The third-order valence-corrected chi connectivity index (χ3v) is 4.68. The third-order valence-electron chi connectivity index (χ3n) is 3.36. The molecule has 1 N–H and O–H groups in total. The summed E-state index contributed by atoms with van der Waals surface area (Å²) in [5.41, 5.74) is 3.99. The molecule has 0 radical (unpaired) electrons. The number of thiophene rings is 1. The lowest BCUT2D eigenvalue weighted by Crippen LogP contribution is -2.23. The first-order valence-corrected chi connectivity index (χ1v) is 8.14. The maximum atomic E-state index is 12.1. The predicted octanol–water partition coefficient (Wildman–Crippen LogP) is 3.68. The molecule has 1 aliphatic heterocycles. The Bertz CT molecular complexity index is 666. The van der Waals surface area contributed by atoms with Crippen molar-refractivity contribution in [1.29, 1.82) is 0 Å². The summed E-state index contributed by atoms with van der Waals surface area (Å²) in [7, 11) is 0. The van der Waals surface area contributed by atoms with E-state index in [1.165, 1.54) is 5.56 Å². The molecule has 0 aliphatic carbocycles. The van der Waals surface area contributed by atoms with Crippen molar-refractivity contribution in [3.63, 3.8) is 0 Å². The molecule has 3 nitrogen and oxygen atoms in total. The Morgan fingerprint density at radius 1 is 1.45 bits per heavy atom. The minimum atomic E-state index is -0.0320. The van der Waals surface area contributed by atoms with Gasteiger partial charge in [0.15, 0.2) is 0 Å². The summed E-state index contributed by atoms with van der Waals surface area (Å²) >= 11 is 5.05. The lowest BCUT2D eigenvalue weighted by atomic mass is 10.1. The first-order valence-electron chi connectivity index (χ1n) is 6.40. The third kappa shape index (κ3) is 2.60. The van der Waals surface area contributed by atoms with E-state index in [9.17, 15) is 4.79 Å². The van der Waals surface area contributed by atoms with Crippen LogP contribution in [-0.4, -0.2) is 12.5 Å². The number of amides is 1. The van der Waals surface area contributed by atoms with E-state index in [0.717, 1.165) is 39.9 Å². The van der Waals surface area contributed by atoms with Crippen LogP contribution < -0.4 is 10.1 Å². The average Bonchev–Trinajstić information content (AvgIpc) is 3.03. The molecule has 0 bridgehead atoms. The van der Waals surface area contributed by atoms with Gasteiger partial charge in [0.2, 0.25) is 0 Å². The molecule has 1 aliphatic rings. The summed E-state index contributed by atoms with van der Waals surface area (Å²) in [6, 6.07) is 4.08. The van der Waals surface area contributed by atoms with Crippen molar-refractivity contribution in [2.75, 3.05) is 6.61 Å². The van der Waals surface area contributed by atoms with Crippen LogP contribution in [0.15, 0.2) is 27.4 Å². The SMILES string of the molecule is Cc1cscc1C(=O)NCc1cc(Br)cc2c1OCC2. The summed E-state index contributed by atoms with van der Waals surface area (Å²) in [5, 5.41) is 6.83. The summed E-state index contributed by atoms with van der Waals surface area (Å²) in [4.78, 5) is 12.1. The lowest BCUT2D eigenvalue weighted by molar-refractivity contribution is 0.0950. The lowest BCUT2D eigenvalue weighted by Gasteiger charge is -2.10. The van der Waals surface area contributed by atoms with Crippen LogP contribution in [-0.2, 0) is 13.0 Å². The Labute approximate surface area is 130 Å². The van der Waals surface area contributed by atoms with Gasteiger partial charge in [-0.05, 0) is 35.6 Å². The molecule has 0 atom stereocenters. The number of hydrogen-bond acceptors (Lipinski definition) is 3. The molecule has 2 heterocycles. The first kappa shape index (κ1) is 13.6. The second-order valence-electron chi connectivity index (χ2n) is 4.80. The number of aryl methyl sites for hydroxylation is 1. The zero-order chi connectivity index (χ0) is 14.1. The van der Waals surface area contributed by atoms with Crippen LogP contribution in [0.4, 0.5) is 0 Å². The minimum absolute atomic E-state index is 0.0320. The second-order valence-corrected chi connectivity index (χ2v) is 6.46. The normalized spacial score (nSPS) is 12.9. The molecule has 0 saturated carbocycles. The topological polar surface area (TPSA) is 38.3 Å².